The van der Waals surface area contributed by atoms with Crippen LogP contribution < -0.4 is 0 Å². The third-order valence-corrected chi connectivity index (χ3v) is 4.96. The second-order valence-electron chi connectivity index (χ2n) is 6.61. The van der Waals surface area contributed by atoms with E-state index in [-0.39, 0.29) is 17.7 Å². The van der Waals surface area contributed by atoms with Gasteiger partial charge < -0.3 is 9.80 Å². The Kier molecular flexibility index (Phi) is 5.45. The van der Waals surface area contributed by atoms with Crippen molar-refractivity contribution in [3.63, 3.8) is 0 Å². The lowest BCUT2D eigenvalue weighted by Gasteiger charge is -2.24. The zero-order chi connectivity index (χ0) is 16.9. The summed E-state index contributed by atoms with van der Waals surface area (Å²) in [4.78, 5) is 35.1. The van der Waals surface area contributed by atoms with E-state index >= 15 is 0 Å². The molecule has 3 heterocycles. The van der Waals surface area contributed by atoms with Crippen molar-refractivity contribution in [2.24, 2.45) is 5.92 Å². The van der Waals surface area contributed by atoms with Gasteiger partial charge >= 0.3 is 0 Å². The summed E-state index contributed by atoms with van der Waals surface area (Å²) in [6.45, 7) is 7.44. The van der Waals surface area contributed by atoms with Crippen LogP contribution in [-0.4, -0.2) is 70.8 Å². The van der Waals surface area contributed by atoms with E-state index in [1.807, 2.05) is 36.2 Å². The summed E-state index contributed by atoms with van der Waals surface area (Å²) in [6.07, 6.45) is 3.16. The van der Waals surface area contributed by atoms with Gasteiger partial charge in [-0.05, 0) is 25.5 Å². The number of carbonyl (C=O) groups excluding carboxylic acids is 2. The number of rotatable bonds is 4. The van der Waals surface area contributed by atoms with Gasteiger partial charge in [0, 0.05) is 58.4 Å². The molecule has 2 amide bonds. The van der Waals surface area contributed by atoms with Crippen LogP contribution in [0.15, 0.2) is 24.4 Å². The first-order valence-electron chi connectivity index (χ1n) is 8.86. The Balaban J connectivity index is 1.53. The zero-order valence-corrected chi connectivity index (χ0v) is 14.4. The molecule has 2 fully saturated rings. The van der Waals surface area contributed by atoms with Crippen LogP contribution in [0.5, 0.6) is 0 Å². The highest BCUT2D eigenvalue weighted by Gasteiger charge is 2.36. The summed E-state index contributed by atoms with van der Waals surface area (Å²) in [6, 6.07) is 5.97. The SMILES string of the molecule is CCN1C[C@@H](C(=O)N2CCCN(Cc3ccccn3)CC2)CC1=O. The van der Waals surface area contributed by atoms with Crippen molar-refractivity contribution in [3.05, 3.63) is 30.1 Å². The van der Waals surface area contributed by atoms with Crippen molar-refractivity contribution in [2.45, 2.75) is 26.3 Å². The maximum Gasteiger partial charge on any atom is 0.228 e. The van der Waals surface area contributed by atoms with E-state index in [2.05, 4.69) is 9.88 Å². The first-order valence-corrected chi connectivity index (χ1v) is 8.86. The van der Waals surface area contributed by atoms with Gasteiger partial charge in [0.15, 0.2) is 0 Å². The fourth-order valence-corrected chi connectivity index (χ4v) is 3.57. The van der Waals surface area contributed by atoms with Crippen LogP contribution in [0.25, 0.3) is 0 Å². The minimum Gasteiger partial charge on any atom is -0.342 e. The standard InChI is InChI=1S/C18H26N4O2/c1-2-21-13-15(12-17(21)23)18(24)22-9-5-8-20(10-11-22)14-16-6-3-4-7-19-16/h3-4,6-7,15H,2,5,8-14H2,1H3/t15-/m0/s1. The minimum absolute atomic E-state index is 0.113. The molecule has 1 aromatic heterocycles. The Bertz CT molecular complexity index is 578. The van der Waals surface area contributed by atoms with Gasteiger partial charge in [-0.3, -0.25) is 19.5 Å². The lowest BCUT2D eigenvalue weighted by Crippen LogP contribution is -2.39. The summed E-state index contributed by atoms with van der Waals surface area (Å²) in [7, 11) is 0. The monoisotopic (exact) mass is 330 g/mol. The Morgan fingerprint density at radius 2 is 2.12 bits per heavy atom. The lowest BCUT2D eigenvalue weighted by atomic mass is 10.1. The van der Waals surface area contributed by atoms with Crippen molar-refractivity contribution in [1.82, 2.24) is 19.7 Å². The van der Waals surface area contributed by atoms with Crippen LogP contribution in [0.3, 0.4) is 0 Å². The zero-order valence-electron chi connectivity index (χ0n) is 14.4. The molecule has 0 N–H and O–H groups in total. The second-order valence-corrected chi connectivity index (χ2v) is 6.61. The number of nitrogens with zero attached hydrogens (tertiary/aromatic N) is 4. The molecule has 2 aliphatic rings. The average Bonchev–Trinajstić information content (AvgIpc) is 2.83. The van der Waals surface area contributed by atoms with Crippen LogP contribution >= 0.6 is 0 Å². The minimum atomic E-state index is -0.153. The first kappa shape index (κ1) is 16.9. The van der Waals surface area contributed by atoms with E-state index in [0.29, 0.717) is 19.5 Å². The highest BCUT2D eigenvalue weighted by atomic mass is 16.2. The summed E-state index contributed by atoms with van der Waals surface area (Å²) in [5.74, 6) is 0.112. The fraction of sp³-hybridized carbons (Fsp3) is 0.611. The lowest BCUT2D eigenvalue weighted by molar-refractivity contribution is -0.135. The third-order valence-electron chi connectivity index (χ3n) is 4.96. The van der Waals surface area contributed by atoms with E-state index in [9.17, 15) is 9.59 Å². The van der Waals surface area contributed by atoms with Crippen LogP contribution in [0, 0.1) is 5.92 Å². The third kappa shape index (κ3) is 3.93. The van der Waals surface area contributed by atoms with Crippen LogP contribution in [-0.2, 0) is 16.1 Å². The molecule has 0 aliphatic carbocycles. The normalized spacial score (nSPS) is 22.7. The van der Waals surface area contributed by atoms with Crippen molar-refractivity contribution < 1.29 is 9.59 Å². The number of hydrogen-bond donors (Lipinski definition) is 0. The Hall–Kier alpha value is -1.95. The molecule has 130 valence electrons. The molecule has 0 bridgehead atoms. The van der Waals surface area contributed by atoms with Crippen molar-refractivity contribution in [3.8, 4) is 0 Å². The molecule has 2 saturated heterocycles. The molecular formula is C18H26N4O2. The van der Waals surface area contributed by atoms with Gasteiger partial charge in [0.05, 0.1) is 11.6 Å². The largest absolute Gasteiger partial charge is 0.342 e. The summed E-state index contributed by atoms with van der Waals surface area (Å²) in [5, 5.41) is 0. The number of amides is 2. The summed E-state index contributed by atoms with van der Waals surface area (Å²) < 4.78 is 0. The highest BCUT2D eigenvalue weighted by Crippen LogP contribution is 2.20. The molecule has 0 aromatic carbocycles. The smallest absolute Gasteiger partial charge is 0.228 e. The Labute approximate surface area is 143 Å². The maximum absolute atomic E-state index is 12.7. The number of pyridine rings is 1. The Morgan fingerprint density at radius 1 is 1.25 bits per heavy atom. The average molecular weight is 330 g/mol. The molecule has 24 heavy (non-hydrogen) atoms. The number of hydrogen-bond acceptors (Lipinski definition) is 4. The van der Waals surface area contributed by atoms with Crippen LogP contribution in [0.4, 0.5) is 0 Å². The molecule has 1 atom stereocenters. The molecule has 6 heteroatoms. The van der Waals surface area contributed by atoms with Crippen molar-refractivity contribution in [1.29, 1.82) is 0 Å². The van der Waals surface area contributed by atoms with E-state index in [0.717, 1.165) is 44.8 Å². The van der Waals surface area contributed by atoms with E-state index in [1.54, 1.807) is 4.90 Å². The molecule has 0 radical (unpaired) electrons. The fourth-order valence-electron chi connectivity index (χ4n) is 3.57. The molecule has 6 nitrogen and oxygen atoms in total. The molecule has 3 rings (SSSR count). The molecular weight excluding hydrogens is 304 g/mol. The van der Waals surface area contributed by atoms with Gasteiger partial charge in [0.1, 0.15) is 0 Å². The molecule has 0 unspecified atom stereocenters. The topological polar surface area (TPSA) is 56.8 Å². The van der Waals surface area contributed by atoms with Gasteiger partial charge in [-0.2, -0.15) is 0 Å². The number of likely N-dealkylation sites (tertiary alicyclic amines) is 1. The van der Waals surface area contributed by atoms with Gasteiger partial charge in [0.25, 0.3) is 0 Å². The van der Waals surface area contributed by atoms with Gasteiger partial charge in [0.2, 0.25) is 11.8 Å². The summed E-state index contributed by atoms with van der Waals surface area (Å²) in [5.41, 5.74) is 1.07. The molecule has 0 spiro atoms. The molecule has 2 aliphatic heterocycles. The molecule has 0 saturated carbocycles. The number of aromatic nitrogens is 1. The van der Waals surface area contributed by atoms with E-state index in [1.165, 1.54) is 0 Å². The van der Waals surface area contributed by atoms with Gasteiger partial charge in [-0.1, -0.05) is 6.07 Å². The quantitative estimate of drug-likeness (QED) is 0.826. The number of carbonyl (C=O) groups is 2. The van der Waals surface area contributed by atoms with Crippen molar-refractivity contribution in [2.75, 3.05) is 39.3 Å². The predicted octanol–water partition coefficient (Wildman–Crippen LogP) is 0.984. The van der Waals surface area contributed by atoms with Gasteiger partial charge in [-0.25, -0.2) is 0 Å². The second kappa shape index (κ2) is 7.75. The van der Waals surface area contributed by atoms with E-state index < -0.39 is 0 Å². The van der Waals surface area contributed by atoms with E-state index in [4.69, 9.17) is 0 Å². The molecule has 1 aromatic rings. The first-order chi connectivity index (χ1) is 11.7. The van der Waals surface area contributed by atoms with Crippen LogP contribution in [0.1, 0.15) is 25.5 Å². The Morgan fingerprint density at radius 3 is 2.83 bits per heavy atom. The summed E-state index contributed by atoms with van der Waals surface area (Å²) >= 11 is 0. The predicted molar refractivity (Wildman–Crippen MR) is 91.1 cm³/mol. The van der Waals surface area contributed by atoms with Gasteiger partial charge in [-0.15, -0.1) is 0 Å². The van der Waals surface area contributed by atoms with Crippen molar-refractivity contribution >= 4 is 11.8 Å². The van der Waals surface area contributed by atoms with Crippen LogP contribution in [0.2, 0.25) is 0 Å². The maximum atomic E-state index is 12.7. The highest BCUT2D eigenvalue weighted by molar-refractivity contribution is 5.89.